The first-order valence-corrected chi connectivity index (χ1v) is 11.4. The van der Waals surface area contributed by atoms with Crippen LogP contribution < -0.4 is 10.2 Å². The molecule has 12 heteroatoms. The Kier molecular flexibility index (Phi) is 5.61. The summed E-state index contributed by atoms with van der Waals surface area (Å²) in [5, 5.41) is 13.7. The summed E-state index contributed by atoms with van der Waals surface area (Å²) < 4.78 is 106. The Morgan fingerprint density at radius 1 is 1.12 bits per heavy atom. The van der Waals surface area contributed by atoms with Gasteiger partial charge in [-0.05, 0) is 43.7 Å². The van der Waals surface area contributed by atoms with Crippen LogP contribution in [-0.2, 0) is 16.0 Å². The van der Waals surface area contributed by atoms with E-state index in [2.05, 4.69) is 5.32 Å². The van der Waals surface area contributed by atoms with Gasteiger partial charge in [0.25, 0.3) is 0 Å². The molecule has 0 saturated carbocycles. The molecule has 2 heterocycles. The molecule has 0 aromatic heterocycles. The molecule has 176 valence electrons. The number of rotatable bonds is 1. The van der Waals surface area contributed by atoms with Crippen molar-refractivity contribution in [3.63, 3.8) is 0 Å². The molecule has 1 unspecified atom stereocenters. The minimum atomic E-state index is -4.84. The molecule has 32 heavy (non-hydrogen) atoms. The van der Waals surface area contributed by atoms with Crippen LogP contribution in [0.2, 0.25) is 0 Å². The van der Waals surface area contributed by atoms with Crippen molar-refractivity contribution in [2.45, 2.75) is 48.7 Å². The number of β-amino-alcohol motifs (C(OH)–C–C–N with tert-alkyl or cyclic N) is 1. The van der Waals surface area contributed by atoms with Crippen LogP contribution in [0.25, 0.3) is 0 Å². The largest absolute Gasteiger partial charge is 0.416 e. The van der Waals surface area contributed by atoms with Gasteiger partial charge in [0, 0.05) is 13.0 Å². The summed E-state index contributed by atoms with van der Waals surface area (Å²) in [5.41, 5.74) is -1.34. The Balaban J connectivity index is 1.93. The van der Waals surface area contributed by atoms with Crippen LogP contribution in [0.1, 0.15) is 24.8 Å². The van der Waals surface area contributed by atoms with Crippen LogP contribution in [0.4, 0.5) is 32.0 Å². The van der Waals surface area contributed by atoms with Crippen molar-refractivity contribution in [2.75, 3.05) is 18.0 Å². The predicted octanol–water partition coefficient (Wildman–Crippen LogP) is 3.76. The quantitative estimate of drug-likeness (QED) is 0.597. The molecule has 0 bridgehead atoms. The van der Waals surface area contributed by atoms with Gasteiger partial charge in [-0.2, -0.15) is 26.3 Å². The van der Waals surface area contributed by atoms with Gasteiger partial charge in [-0.3, -0.25) is 0 Å². The second-order valence-corrected chi connectivity index (χ2v) is 9.99. The SMILES string of the molecule is O=S1(=O)C2=C(C=CC(C(F)(F)F)C2)N([C@H]2CCCNC[C@@H]2O)c2ccc(C(F)(F)F)cc21. The van der Waals surface area contributed by atoms with Crippen molar-refractivity contribution in [3.8, 4) is 0 Å². The number of allylic oxidation sites excluding steroid dienone is 3. The Morgan fingerprint density at radius 2 is 1.84 bits per heavy atom. The molecule has 0 radical (unpaired) electrons. The number of aliphatic hydroxyl groups excluding tert-OH is 1. The lowest BCUT2D eigenvalue weighted by Gasteiger charge is -2.42. The van der Waals surface area contributed by atoms with Crippen molar-refractivity contribution >= 4 is 15.5 Å². The average Bonchev–Trinajstić information content (AvgIpc) is 2.91. The average molecular weight is 482 g/mol. The van der Waals surface area contributed by atoms with E-state index in [0.29, 0.717) is 25.5 Å². The number of hydrogen-bond acceptors (Lipinski definition) is 5. The van der Waals surface area contributed by atoms with Gasteiger partial charge in [0.1, 0.15) is 0 Å². The molecule has 1 aromatic rings. The fourth-order valence-corrected chi connectivity index (χ4v) is 6.23. The summed E-state index contributed by atoms with van der Waals surface area (Å²) in [5.74, 6) is -2.08. The van der Waals surface area contributed by atoms with Crippen molar-refractivity contribution in [2.24, 2.45) is 5.92 Å². The van der Waals surface area contributed by atoms with Gasteiger partial charge in [-0.15, -0.1) is 0 Å². The molecule has 3 aliphatic rings. The van der Waals surface area contributed by atoms with E-state index in [1.54, 1.807) is 0 Å². The van der Waals surface area contributed by atoms with Crippen LogP contribution in [0, 0.1) is 5.92 Å². The number of aliphatic hydroxyl groups is 1. The number of benzene rings is 1. The van der Waals surface area contributed by atoms with E-state index >= 15 is 0 Å². The second-order valence-electron chi connectivity index (χ2n) is 8.05. The first kappa shape index (κ1) is 23.1. The maximum Gasteiger partial charge on any atom is 0.416 e. The number of halogens is 6. The highest BCUT2D eigenvalue weighted by molar-refractivity contribution is 7.95. The Bertz CT molecular complexity index is 1080. The van der Waals surface area contributed by atoms with Gasteiger partial charge in [-0.25, -0.2) is 8.42 Å². The normalized spacial score (nSPS) is 28.2. The van der Waals surface area contributed by atoms with Gasteiger partial charge in [0.2, 0.25) is 9.84 Å². The predicted molar refractivity (Wildman–Crippen MR) is 103 cm³/mol. The van der Waals surface area contributed by atoms with Gasteiger partial charge in [-0.1, -0.05) is 6.08 Å². The molecular formula is C20H20F6N2O3S. The second kappa shape index (κ2) is 7.77. The van der Waals surface area contributed by atoms with E-state index in [0.717, 1.165) is 24.3 Å². The summed E-state index contributed by atoms with van der Waals surface area (Å²) in [6, 6.07) is 1.48. The zero-order valence-electron chi connectivity index (χ0n) is 16.5. The summed E-state index contributed by atoms with van der Waals surface area (Å²) in [7, 11) is -4.63. The number of fused-ring (bicyclic) bond motifs is 1. The molecule has 4 rings (SSSR count). The van der Waals surface area contributed by atoms with Gasteiger partial charge < -0.3 is 15.3 Å². The zero-order chi connectivity index (χ0) is 23.5. The van der Waals surface area contributed by atoms with E-state index in [1.807, 2.05) is 0 Å². The Hall–Kier alpha value is -2.05. The maximum absolute atomic E-state index is 13.4. The minimum Gasteiger partial charge on any atom is -0.390 e. The lowest BCUT2D eigenvalue weighted by atomic mass is 9.95. The van der Waals surface area contributed by atoms with E-state index in [-0.39, 0.29) is 17.9 Å². The highest BCUT2D eigenvalue weighted by Crippen LogP contribution is 2.49. The molecule has 1 saturated heterocycles. The monoisotopic (exact) mass is 482 g/mol. The van der Waals surface area contributed by atoms with Crippen LogP contribution in [0.5, 0.6) is 0 Å². The molecule has 3 atom stereocenters. The van der Waals surface area contributed by atoms with E-state index in [9.17, 15) is 39.9 Å². The van der Waals surface area contributed by atoms with Crippen LogP contribution in [0.3, 0.4) is 0 Å². The van der Waals surface area contributed by atoms with Crippen molar-refractivity contribution in [1.29, 1.82) is 0 Å². The third-order valence-electron chi connectivity index (χ3n) is 6.00. The standard InChI is InChI=1S/C20H20F6N2O3S/c21-19(22,23)11-3-5-14-17(8-11)32(30,31)18-9-12(20(24,25)26)4-6-15(18)28(14)13-2-1-7-27-10-16(13)29/h3-6,8,12-13,16,27,29H,1-2,7,9-10H2/t12?,13-,16-/m0/s1. The Morgan fingerprint density at radius 3 is 2.50 bits per heavy atom. The number of nitrogens with one attached hydrogen (secondary N) is 1. The van der Waals surface area contributed by atoms with Crippen LogP contribution in [-0.4, -0.2) is 44.9 Å². The molecule has 2 aliphatic heterocycles. The zero-order valence-corrected chi connectivity index (χ0v) is 17.4. The topological polar surface area (TPSA) is 69.6 Å². The maximum atomic E-state index is 13.4. The summed E-state index contributed by atoms with van der Waals surface area (Å²) in [6.45, 7) is 0.721. The fourth-order valence-electron chi connectivity index (χ4n) is 4.40. The molecule has 0 spiro atoms. The first-order valence-electron chi connectivity index (χ1n) is 9.94. The number of sulfone groups is 1. The summed E-state index contributed by atoms with van der Waals surface area (Å²) >= 11 is 0. The Labute approximate surface area is 180 Å². The van der Waals surface area contributed by atoms with E-state index in [4.69, 9.17) is 0 Å². The van der Waals surface area contributed by atoms with Gasteiger partial charge in [0.05, 0.1) is 44.8 Å². The molecule has 0 amide bonds. The molecule has 2 N–H and O–H groups in total. The van der Waals surface area contributed by atoms with E-state index < -0.39 is 62.0 Å². The van der Waals surface area contributed by atoms with Crippen LogP contribution in [0.15, 0.2) is 45.8 Å². The number of nitrogens with zero attached hydrogens (tertiary/aromatic N) is 1. The number of hydrogen-bond donors (Lipinski definition) is 2. The van der Waals surface area contributed by atoms with Gasteiger partial charge >= 0.3 is 12.4 Å². The van der Waals surface area contributed by atoms with Crippen molar-refractivity contribution < 1.29 is 39.9 Å². The molecular weight excluding hydrogens is 462 g/mol. The smallest absolute Gasteiger partial charge is 0.390 e. The lowest BCUT2D eigenvalue weighted by molar-refractivity contribution is -0.160. The van der Waals surface area contributed by atoms with Crippen molar-refractivity contribution in [3.05, 3.63) is 46.5 Å². The summed E-state index contributed by atoms with van der Waals surface area (Å²) in [4.78, 5) is 0.109. The van der Waals surface area contributed by atoms with E-state index in [1.165, 1.54) is 4.90 Å². The third-order valence-corrected chi connectivity index (χ3v) is 7.93. The number of anilines is 1. The molecule has 1 aromatic carbocycles. The summed E-state index contributed by atoms with van der Waals surface area (Å²) in [6.07, 6.45) is -8.62. The molecule has 1 fully saturated rings. The van der Waals surface area contributed by atoms with Gasteiger partial charge in [0.15, 0.2) is 0 Å². The highest BCUT2D eigenvalue weighted by Gasteiger charge is 2.48. The van der Waals surface area contributed by atoms with Crippen molar-refractivity contribution in [1.82, 2.24) is 5.32 Å². The third kappa shape index (κ3) is 3.92. The minimum absolute atomic E-state index is 0.0382. The van der Waals surface area contributed by atoms with Crippen LogP contribution >= 0.6 is 0 Å². The lowest BCUT2D eigenvalue weighted by Crippen LogP contribution is -2.48. The first-order chi connectivity index (χ1) is 14.8. The molecule has 1 aliphatic carbocycles. The fraction of sp³-hybridized carbons (Fsp3) is 0.500. The number of alkyl halides is 6. The molecule has 5 nitrogen and oxygen atoms in total. The highest BCUT2D eigenvalue weighted by atomic mass is 32.2.